The van der Waals surface area contributed by atoms with Crippen LogP contribution in [0.1, 0.15) is 18.8 Å². The zero-order chi connectivity index (χ0) is 25.4. The van der Waals surface area contributed by atoms with Crippen LogP contribution in [0.15, 0.2) is 77.7 Å². The number of nitrogens with two attached hydrogens (primary N) is 1. The number of nitrogen functional groups attached to an aromatic ring is 1. The van der Waals surface area contributed by atoms with E-state index in [-0.39, 0.29) is 11.5 Å². The van der Waals surface area contributed by atoms with E-state index in [4.69, 9.17) is 22.3 Å². The second-order valence-electron chi connectivity index (χ2n) is 8.10. The number of rotatable bonds is 5. The topological polar surface area (TPSA) is 119 Å². The number of phenols is 1. The molecule has 0 aliphatic heterocycles. The van der Waals surface area contributed by atoms with Crippen molar-refractivity contribution < 1.29 is 9.50 Å². The molecule has 5 aromatic rings. The summed E-state index contributed by atoms with van der Waals surface area (Å²) in [6, 6.07) is 17.6. The lowest BCUT2D eigenvalue weighted by Gasteiger charge is -2.21. The highest BCUT2D eigenvalue weighted by atomic mass is 35.5. The van der Waals surface area contributed by atoms with E-state index < -0.39 is 17.6 Å². The Kier molecular flexibility index (Phi) is 5.99. The van der Waals surface area contributed by atoms with Gasteiger partial charge in [0.25, 0.3) is 5.56 Å². The van der Waals surface area contributed by atoms with Crippen LogP contribution in [0.5, 0.6) is 5.75 Å². The van der Waals surface area contributed by atoms with Gasteiger partial charge in [-0.05, 0) is 48.9 Å². The smallest absolute Gasteiger partial charge is 0.267 e. The summed E-state index contributed by atoms with van der Waals surface area (Å²) >= 11 is 6.37. The van der Waals surface area contributed by atoms with Crippen LogP contribution in [0.4, 0.5) is 16.2 Å². The minimum atomic E-state index is -0.746. The van der Waals surface area contributed by atoms with Gasteiger partial charge in [-0.15, -0.1) is 0 Å². The Hall–Kier alpha value is -4.50. The maximum absolute atomic E-state index is 13.6. The third kappa shape index (κ3) is 4.20. The number of fused-ring (bicyclic) bond motifs is 1. The van der Waals surface area contributed by atoms with Crippen molar-refractivity contribution in [3.63, 3.8) is 0 Å². The molecular formula is C26H20ClFN6O2. The highest BCUT2D eigenvalue weighted by Crippen LogP contribution is 2.32. The Morgan fingerprint density at radius 1 is 1.08 bits per heavy atom. The molecule has 3 aromatic carbocycles. The number of anilines is 2. The van der Waals surface area contributed by atoms with Gasteiger partial charge in [0, 0.05) is 11.8 Å². The number of para-hydroxylation sites is 1. The Morgan fingerprint density at radius 2 is 1.86 bits per heavy atom. The third-order valence-electron chi connectivity index (χ3n) is 5.69. The molecule has 0 radical (unpaired) electrons. The van der Waals surface area contributed by atoms with Gasteiger partial charge >= 0.3 is 0 Å². The molecule has 2 heterocycles. The summed E-state index contributed by atoms with van der Waals surface area (Å²) in [5, 5.41) is 13.7. The Morgan fingerprint density at radius 3 is 2.61 bits per heavy atom. The molecule has 0 unspecified atom stereocenters. The predicted molar refractivity (Wildman–Crippen MR) is 138 cm³/mol. The van der Waals surface area contributed by atoms with Crippen molar-refractivity contribution in [2.45, 2.75) is 13.0 Å². The molecule has 2 aromatic heterocycles. The zero-order valence-corrected chi connectivity index (χ0v) is 19.7. The highest BCUT2D eigenvalue weighted by molar-refractivity contribution is 6.35. The molecule has 0 aliphatic rings. The van der Waals surface area contributed by atoms with E-state index in [9.17, 15) is 14.3 Å². The van der Waals surface area contributed by atoms with Crippen molar-refractivity contribution >= 4 is 34.3 Å². The first-order chi connectivity index (χ1) is 17.3. The molecule has 0 saturated heterocycles. The van der Waals surface area contributed by atoms with Gasteiger partial charge in [0.2, 0.25) is 5.95 Å². The molecule has 36 heavy (non-hydrogen) atoms. The van der Waals surface area contributed by atoms with Crippen LogP contribution in [0, 0.1) is 5.82 Å². The number of hydrogen-bond donors (Lipinski definition) is 3. The second kappa shape index (κ2) is 9.27. The van der Waals surface area contributed by atoms with Crippen molar-refractivity contribution in [3.8, 4) is 22.6 Å². The lowest BCUT2D eigenvalue weighted by Crippen LogP contribution is -2.27. The largest absolute Gasteiger partial charge is 0.505 e. The normalized spacial score (nSPS) is 12.0. The first-order valence-electron chi connectivity index (χ1n) is 11.0. The molecule has 0 fully saturated rings. The molecule has 0 saturated carbocycles. The van der Waals surface area contributed by atoms with Crippen molar-refractivity contribution in [2.75, 3.05) is 11.1 Å². The van der Waals surface area contributed by atoms with E-state index in [2.05, 4.69) is 15.3 Å². The third-order valence-corrected chi connectivity index (χ3v) is 6.01. The van der Waals surface area contributed by atoms with E-state index in [1.54, 1.807) is 30.3 Å². The van der Waals surface area contributed by atoms with Crippen LogP contribution in [0.3, 0.4) is 0 Å². The minimum absolute atomic E-state index is 0.0125. The van der Waals surface area contributed by atoms with E-state index in [0.717, 1.165) is 6.07 Å². The molecule has 10 heteroatoms. The summed E-state index contributed by atoms with van der Waals surface area (Å²) in [6.07, 6.45) is 1.47. The average Bonchev–Trinajstić information content (AvgIpc) is 2.86. The zero-order valence-electron chi connectivity index (χ0n) is 19.0. The van der Waals surface area contributed by atoms with E-state index >= 15 is 0 Å². The Bertz CT molecular complexity index is 1660. The second-order valence-corrected chi connectivity index (χ2v) is 8.51. The first kappa shape index (κ1) is 23.3. The van der Waals surface area contributed by atoms with E-state index in [1.807, 2.05) is 25.1 Å². The number of nitrogens with one attached hydrogen (secondary N) is 1. The average molecular weight is 503 g/mol. The monoisotopic (exact) mass is 502 g/mol. The summed E-state index contributed by atoms with van der Waals surface area (Å²) in [5.41, 5.74) is 7.56. The summed E-state index contributed by atoms with van der Waals surface area (Å²) in [5.74, 6) is -0.510. The van der Waals surface area contributed by atoms with Gasteiger partial charge in [-0.2, -0.15) is 4.98 Å². The fourth-order valence-corrected chi connectivity index (χ4v) is 4.24. The Labute approximate surface area is 209 Å². The van der Waals surface area contributed by atoms with Crippen LogP contribution < -0.4 is 16.6 Å². The Balaban J connectivity index is 1.66. The molecule has 8 nitrogen and oxygen atoms in total. The molecule has 0 bridgehead atoms. The first-order valence-corrected chi connectivity index (χ1v) is 11.4. The number of benzene rings is 3. The van der Waals surface area contributed by atoms with E-state index in [1.165, 1.54) is 22.9 Å². The number of aromatic hydroxyl groups is 1. The van der Waals surface area contributed by atoms with Crippen LogP contribution >= 0.6 is 11.6 Å². The lowest BCUT2D eigenvalue weighted by molar-refractivity contribution is 0.433. The summed E-state index contributed by atoms with van der Waals surface area (Å²) in [7, 11) is 0. The molecule has 1 atom stereocenters. The molecule has 0 aliphatic carbocycles. The minimum Gasteiger partial charge on any atom is -0.505 e. The summed E-state index contributed by atoms with van der Waals surface area (Å²) in [4.78, 5) is 26.8. The molecule has 4 N–H and O–H groups in total. The van der Waals surface area contributed by atoms with Gasteiger partial charge in [0.05, 0.1) is 27.7 Å². The molecule has 0 spiro atoms. The van der Waals surface area contributed by atoms with Gasteiger partial charge in [-0.25, -0.2) is 14.4 Å². The van der Waals surface area contributed by atoms with Crippen molar-refractivity contribution in [1.82, 2.24) is 19.5 Å². The molecular weight excluding hydrogens is 483 g/mol. The van der Waals surface area contributed by atoms with Crippen molar-refractivity contribution in [3.05, 3.63) is 99.9 Å². The van der Waals surface area contributed by atoms with Crippen LogP contribution in [-0.2, 0) is 0 Å². The van der Waals surface area contributed by atoms with Gasteiger partial charge in [0.1, 0.15) is 11.6 Å². The van der Waals surface area contributed by atoms with E-state index in [0.29, 0.717) is 44.4 Å². The molecule has 180 valence electrons. The fourth-order valence-electron chi connectivity index (χ4n) is 3.99. The van der Waals surface area contributed by atoms with Gasteiger partial charge < -0.3 is 16.2 Å². The number of nitrogens with zero attached hydrogens (tertiary/aromatic N) is 4. The number of hydrogen-bond acceptors (Lipinski definition) is 7. The van der Waals surface area contributed by atoms with Crippen molar-refractivity contribution in [1.29, 1.82) is 0 Å². The molecule has 0 amide bonds. The fraction of sp³-hybridized carbons (Fsp3) is 0.0769. The van der Waals surface area contributed by atoms with Crippen LogP contribution in [0.2, 0.25) is 5.02 Å². The van der Waals surface area contributed by atoms with Gasteiger partial charge in [-0.1, -0.05) is 41.9 Å². The van der Waals surface area contributed by atoms with Crippen LogP contribution in [-0.4, -0.2) is 24.6 Å². The van der Waals surface area contributed by atoms with Crippen molar-refractivity contribution in [2.24, 2.45) is 0 Å². The van der Waals surface area contributed by atoms with Gasteiger partial charge in [0.15, 0.2) is 11.6 Å². The van der Waals surface area contributed by atoms with Crippen LogP contribution in [0.25, 0.3) is 27.7 Å². The summed E-state index contributed by atoms with van der Waals surface area (Å²) in [6.45, 7) is 1.82. The maximum atomic E-state index is 13.6. The lowest BCUT2D eigenvalue weighted by atomic mass is 10.1. The van der Waals surface area contributed by atoms with Gasteiger partial charge in [-0.3, -0.25) is 9.36 Å². The highest BCUT2D eigenvalue weighted by Gasteiger charge is 2.21. The quantitative estimate of drug-likeness (QED) is 0.306. The summed E-state index contributed by atoms with van der Waals surface area (Å²) < 4.78 is 15.1. The maximum Gasteiger partial charge on any atom is 0.267 e. The molecule has 5 rings (SSSR count). The SMILES string of the molecule is C[C@@H](Nc1nc(N)ncc1-c1ccc(F)c(O)c1)c1nc2cccc(Cl)c2c(=O)n1-c1ccccc1. The standard InChI is InChI=1S/C26H20ClFN6O2/c1-14(31-23-17(13-30-26(29)33-23)15-10-11-19(28)21(35)12-15)24-32-20-9-5-8-18(27)22(20)25(36)34(24)16-6-3-2-4-7-16/h2-14,35H,1H3,(H3,29,30,31,33)/t14-/m1/s1. The number of aromatic nitrogens is 4. The number of phenolic OH excluding ortho intramolecular Hbond substituents is 1. The predicted octanol–water partition coefficient (Wildman–Crippen LogP) is 5.10. The number of halogens is 2.